The van der Waals surface area contributed by atoms with Gasteiger partial charge in [-0.3, -0.25) is 14.5 Å². The molecule has 1 fully saturated rings. The molecular formula is C23H19Cl2N3O3S. The summed E-state index contributed by atoms with van der Waals surface area (Å²) in [5.74, 6) is -0.426. The number of carbonyl (C=O) groups excluding carboxylic acids is 1. The van der Waals surface area contributed by atoms with Gasteiger partial charge in [-0.05, 0) is 36.6 Å². The summed E-state index contributed by atoms with van der Waals surface area (Å²) in [6.07, 6.45) is 1.65. The minimum atomic E-state index is -0.399. The van der Waals surface area contributed by atoms with Crippen molar-refractivity contribution in [2.75, 3.05) is 13.1 Å². The normalized spacial score (nSPS) is 15.4. The fourth-order valence-corrected chi connectivity index (χ4v) is 5.07. The number of thiazole rings is 1. The van der Waals surface area contributed by atoms with Crippen LogP contribution in [0.25, 0.3) is 21.2 Å². The number of hydrogen-bond donors (Lipinski definition) is 1. The monoisotopic (exact) mass is 487 g/mol. The number of aromatic nitrogens is 1. The van der Waals surface area contributed by atoms with Gasteiger partial charge in [0.05, 0.1) is 31.2 Å². The predicted molar refractivity (Wildman–Crippen MR) is 128 cm³/mol. The SMILES string of the molecule is O=C(NC1CCN(Cc2ccc3ncsc3c2)CC1)c1cc(=O)c2cc(Cl)c(Cl)cc2o1. The molecule has 2 aromatic heterocycles. The average molecular weight is 488 g/mol. The molecule has 0 unspecified atom stereocenters. The van der Waals surface area contributed by atoms with Gasteiger partial charge in [0.25, 0.3) is 5.91 Å². The first-order valence-corrected chi connectivity index (χ1v) is 11.9. The number of piperidine rings is 1. The van der Waals surface area contributed by atoms with Gasteiger partial charge in [0, 0.05) is 37.8 Å². The first-order valence-electron chi connectivity index (χ1n) is 10.2. The number of amides is 1. The number of nitrogens with zero attached hydrogens (tertiary/aromatic N) is 2. The van der Waals surface area contributed by atoms with Crippen molar-refractivity contribution in [2.24, 2.45) is 0 Å². The highest BCUT2D eigenvalue weighted by Gasteiger charge is 2.23. The Labute approximate surface area is 197 Å². The molecule has 6 nitrogen and oxygen atoms in total. The lowest BCUT2D eigenvalue weighted by molar-refractivity contribution is 0.0881. The second-order valence-corrected chi connectivity index (χ2v) is 9.62. The Morgan fingerprint density at radius 1 is 1.16 bits per heavy atom. The van der Waals surface area contributed by atoms with Gasteiger partial charge in [0.1, 0.15) is 5.58 Å². The quantitative estimate of drug-likeness (QED) is 0.433. The molecule has 1 N–H and O–H groups in total. The van der Waals surface area contributed by atoms with Gasteiger partial charge in [-0.2, -0.15) is 0 Å². The van der Waals surface area contributed by atoms with E-state index < -0.39 is 5.91 Å². The van der Waals surface area contributed by atoms with Crippen LogP contribution < -0.4 is 10.7 Å². The molecule has 1 aliphatic rings. The first kappa shape index (κ1) is 21.4. The molecule has 0 radical (unpaired) electrons. The average Bonchev–Trinajstić information content (AvgIpc) is 3.24. The van der Waals surface area contributed by atoms with E-state index in [1.165, 1.54) is 28.5 Å². The highest BCUT2D eigenvalue weighted by atomic mass is 35.5. The van der Waals surface area contributed by atoms with E-state index in [2.05, 4.69) is 33.4 Å². The van der Waals surface area contributed by atoms with Gasteiger partial charge >= 0.3 is 0 Å². The summed E-state index contributed by atoms with van der Waals surface area (Å²) in [5.41, 5.74) is 4.07. The molecule has 1 saturated heterocycles. The van der Waals surface area contributed by atoms with Crippen LogP contribution in [0.1, 0.15) is 29.0 Å². The smallest absolute Gasteiger partial charge is 0.287 e. The van der Waals surface area contributed by atoms with Crippen LogP contribution in [0.3, 0.4) is 0 Å². The molecule has 164 valence electrons. The van der Waals surface area contributed by atoms with Gasteiger partial charge in [0.2, 0.25) is 0 Å². The molecule has 4 aromatic rings. The number of halogens is 2. The Kier molecular flexibility index (Phi) is 5.90. The van der Waals surface area contributed by atoms with Crippen molar-refractivity contribution in [2.45, 2.75) is 25.4 Å². The van der Waals surface area contributed by atoms with Gasteiger partial charge < -0.3 is 9.73 Å². The number of nitrogens with one attached hydrogen (secondary N) is 1. The third-order valence-corrected chi connectivity index (χ3v) is 7.23. The van der Waals surface area contributed by atoms with Crippen molar-refractivity contribution in [3.05, 3.63) is 73.5 Å². The molecule has 3 heterocycles. The maximum atomic E-state index is 12.7. The van der Waals surface area contributed by atoms with Gasteiger partial charge in [-0.25, -0.2) is 4.98 Å². The number of fused-ring (bicyclic) bond motifs is 2. The summed E-state index contributed by atoms with van der Waals surface area (Å²) in [5, 5.41) is 3.82. The molecule has 1 amide bonds. The molecule has 0 aliphatic carbocycles. The summed E-state index contributed by atoms with van der Waals surface area (Å²) in [6, 6.07) is 10.5. The van der Waals surface area contributed by atoms with Gasteiger partial charge in [-0.1, -0.05) is 29.3 Å². The van der Waals surface area contributed by atoms with Crippen LogP contribution in [0, 0.1) is 0 Å². The van der Waals surface area contributed by atoms with Crippen LogP contribution in [-0.4, -0.2) is 34.9 Å². The Bertz CT molecular complexity index is 1380. The lowest BCUT2D eigenvalue weighted by atomic mass is 10.0. The van der Waals surface area contributed by atoms with E-state index in [-0.39, 0.29) is 32.9 Å². The van der Waals surface area contributed by atoms with E-state index >= 15 is 0 Å². The summed E-state index contributed by atoms with van der Waals surface area (Å²) in [6.45, 7) is 2.63. The van der Waals surface area contributed by atoms with Crippen molar-refractivity contribution in [3.8, 4) is 0 Å². The summed E-state index contributed by atoms with van der Waals surface area (Å²) in [4.78, 5) is 31.8. The highest BCUT2D eigenvalue weighted by molar-refractivity contribution is 7.16. The van der Waals surface area contributed by atoms with Crippen molar-refractivity contribution in [3.63, 3.8) is 0 Å². The van der Waals surface area contributed by atoms with Gasteiger partial charge in [0.15, 0.2) is 11.2 Å². The van der Waals surface area contributed by atoms with Crippen LogP contribution in [0.5, 0.6) is 0 Å². The second-order valence-electron chi connectivity index (χ2n) is 7.92. The van der Waals surface area contributed by atoms with Gasteiger partial charge in [-0.15, -0.1) is 11.3 Å². The molecular weight excluding hydrogens is 469 g/mol. The van der Waals surface area contributed by atoms with Crippen molar-refractivity contribution in [1.82, 2.24) is 15.2 Å². The van der Waals surface area contributed by atoms with Crippen LogP contribution in [0.4, 0.5) is 0 Å². The third kappa shape index (κ3) is 4.38. The molecule has 1 aliphatic heterocycles. The fraction of sp³-hybridized carbons (Fsp3) is 0.261. The molecule has 0 atom stereocenters. The van der Waals surface area contributed by atoms with Crippen LogP contribution in [0.15, 0.2) is 51.1 Å². The zero-order valence-electron chi connectivity index (χ0n) is 16.9. The number of hydrogen-bond acceptors (Lipinski definition) is 6. The van der Waals surface area contributed by atoms with E-state index in [1.807, 2.05) is 5.51 Å². The Morgan fingerprint density at radius 3 is 2.75 bits per heavy atom. The summed E-state index contributed by atoms with van der Waals surface area (Å²) >= 11 is 13.6. The van der Waals surface area contributed by atoms with Crippen LogP contribution in [0.2, 0.25) is 10.0 Å². The highest BCUT2D eigenvalue weighted by Crippen LogP contribution is 2.27. The molecule has 9 heteroatoms. The lowest BCUT2D eigenvalue weighted by Gasteiger charge is -2.32. The Hall–Kier alpha value is -2.45. The number of rotatable bonds is 4. The minimum absolute atomic E-state index is 0.0255. The largest absolute Gasteiger partial charge is 0.451 e. The zero-order valence-corrected chi connectivity index (χ0v) is 19.3. The van der Waals surface area contributed by atoms with Crippen molar-refractivity contribution >= 4 is 61.6 Å². The topological polar surface area (TPSA) is 75.4 Å². The van der Waals surface area contributed by atoms with E-state index in [4.69, 9.17) is 27.6 Å². The molecule has 0 bridgehead atoms. The predicted octanol–water partition coefficient (Wildman–Crippen LogP) is 5.10. The lowest BCUT2D eigenvalue weighted by Crippen LogP contribution is -2.44. The Morgan fingerprint density at radius 2 is 1.94 bits per heavy atom. The number of benzene rings is 2. The van der Waals surface area contributed by atoms with Crippen LogP contribution in [-0.2, 0) is 6.54 Å². The van der Waals surface area contributed by atoms with Crippen LogP contribution >= 0.6 is 34.5 Å². The Balaban J connectivity index is 1.21. The van der Waals surface area contributed by atoms with E-state index in [0.717, 1.165) is 38.0 Å². The second kappa shape index (κ2) is 8.83. The molecule has 2 aromatic carbocycles. The van der Waals surface area contributed by atoms with E-state index in [9.17, 15) is 9.59 Å². The van der Waals surface area contributed by atoms with E-state index in [1.54, 1.807) is 11.3 Å². The minimum Gasteiger partial charge on any atom is -0.451 e. The molecule has 5 rings (SSSR count). The summed E-state index contributed by atoms with van der Waals surface area (Å²) in [7, 11) is 0. The van der Waals surface area contributed by atoms with E-state index in [0.29, 0.717) is 5.39 Å². The zero-order chi connectivity index (χ0) is 22.2. The number of carbonyl (C=O) groups is 1. The maximum absolute atomic E-state index is 12.7. The van der Waals surface area contributed by atoms with Crippen molar-refractivity contribution in [1.29, 1.82) is 0 Å². The first-order chi connectivity index (χ1) is 15.5. The third-order valence-electron chi connectivity index (χ3n) is 5.72. The fourth-order valence-electron chi connectivity index (χ4n) is 4.01. The standard InChI is InChI=1S/C23H19Cl2N3O3S/c24-16-8-15-19(29)10-21(31-20(15)9-17(16)25)23(30)27-14-3-5-28(6-4-14)11-13-1-2-18-22(7-13)32-12-26-18/h1-2,7-10,12,14H,3-6,11H2,(H,27,30). The molecule has 0 spiro atoms. The molecule has 32 heavy (non-hydrogen) atoms. The summed E-state index contributed by atoms with van der Waals surface area (Å²) < 4.78 is 6.84. The molecule has 0 saturated carbocycles. The number of likely N-dealkylation sites (tertiary alicyclic amines) is 1. The van der Waals surface area contributed by atoms with Crippen molar-refractivity contribution < 1.29 is 9.21 Å². The maximum Gasteiger partial charge on any atom is 0.287 e.